The van der Waals surface area contributed by atoms with E-state index in [1.165, 1.54) is 0 Å². The van der Waals surface area contributed by atoms with Crippen molar-refractivity contribution >= 4 is 23.4 Å². The Bertz CT molecular complexity index is 759. The van der Waals surface area contributed by atoms with E-state index in [0.717, 1.165) is 21.2 Å². The second-order valence-electron chi connectivity index (χ2n) is 4.46. The summed E-state index contributed by atoms with van der Waals surface area (Å²) in [5, 5.41) is 4.73. The van der Waals surface area contributed by atoms with E-state index in [1.54, 1.807) is 18.9 Å². The van der Waals surface area contributed by atoms with Crippen molar-refractivity contribution in [1.29, 1.82) is 0 Å². The maximum atomic E-state index is 6.12. The third-order valence-electron chi connectivity index (χ3n) is 3.00. The van der Waals surface area contributed by atoms with Crippen molar-refractivity contribution in [3.63, 3.8) is 0 Å². The van der Waals surface area contributed by atoms with Gasteiger partial charge in [-0.1, -0.05) is 28.9 Å². The average molecular weight is 333 g/mol. The molecule has 1 heterocycles. The number of methoxy groups -OCH3 is 1. The highest BCUT2D eigenvalue weighted by Crippen LogP contribution is 2.29. The first-order valence-electron chi connectivity index (χ1n) is 6.60. The third-order valence-corrected chi connectivity index (χ3v) is 4.50. The maximum Gasteiger partial charge on any atom is 0.237 e. The Kier molecular flexibility index (Phi) is 4.65. The molecule has 112 valence electrons. The van der Waals surface area contributed by atoms with Gasteiger partial charge >= 0.3 is 0 Å². The van der Waals surface area contributed by atoms with Crippen LogP contribution in [0.15, 0.2) is 57.9 Å². The molecule has 0 spiro atoms. The van der Waals surface area contributed by atoms with Gasteiger partial charge in [-0.2, -0.15) is 4.98 Å². The third kappa shape index (κ3) is 3.43. The topological polar surface area (TPSA) is 48.2 Å². The predicted octanol–water partition coefficient (Wildman–Crippen LogP) is 4.69. The molecular formula is C16H13ClN2O2S. The lowest BCUT2D eigenvalue weighted by Gasteiger charge is -2.00. The van der Waals surface area contributed by atoms with Crippen LogP contribution in [0.5, 0.6) is 5.75 Å². The highest BCUT2D eigenvalue weighted by atomic mass is 35.5. The van der Waals surface area contributed by atoms with Crippen LogP contribution in [0.3, 0.4) is 0 Å². The first-order valence-corrected chi connectivity index (χ1v) is 7.97. The van der Waals surface area contributed by atoms with Crippen LogP contribution in [-0.4, -0.2) is 17.3 Å². The Hall–Kier alpha value is -1.98. The lowest BCUT2D eigenvalue weighted by atomic mass is 10.2. The lowest BCUT2D eigenvalue weighted by molar-refractivity contribution is 0.391. The Morgan fingerprint density at radius 1 is 1.14 bits per heavy atom. The number of benzene rings is 2. The van der Waals surface area contributed by atoms with Gasteiger partial charge in [0, 0.05) is 10.5 Å². The fourth-order valence-corrected chi connectivity index (χ4v) is 2.95. The van der Waals surface area contributed by atoms with Gasteiger partial charge in [0.1, 0.15) is 5.75 Å². The summed E-state index contributed by atoms with van der Waals surface area (Å²) in [4.78, 5) is 5.39. The van der Waals surface area contributed by atoms with E-state index in [9.17, 15) is 0 Å². The van der Waals surface area contributed by atoms with Crippen LogP contribution in [0.25, 0.3) is 11.4 Å². The zero-order valence-corrected chi connectivity index (χ0v) is 13.4. The van der Waals surface area contributed by atoms with Gasteiger partial charge in [0.2, 0.25) is 11.7 Å². The molecule has 0 N–H and O–H groups in total. The smallest absolute Gasteiger partial charge is 0.237 e. The molecule has 6 heteroatoms. The predicted molar refractivity (Wildman–Crippen MR) is 87.3 cm³/mol. The zero-order chi connectivity index (χ0) is 15.4. The largest absolute Gasteiger partial charge is 0.497 e. The van der Waals surface area contributed by atoms with E-state index in [0.29, 0.717) is 17.5 Å². The molecule has 2 aromatic carbocycles. The Labute approximate surface area is 137 Å². The van der Waals surface area contributed by atoms with Crippen LogP contribution >= 0.6 is 23.4 Å². The molecule has 0 fully saturated rings. The molecule has 0 saturated heterocycles. The van der Waals surface area contributed by atoms with Crippen molar-refractivity contribution in [3.8, 4) is 17.1 Å². The molecular weight excluding hydrogens is 320 g/mol. The van der Waals surface area contributed by atoms with Gasteiger partial charge in [-0.05, 0) is 36.4 Å². The van der Waals surface area contributed by atoms with E-state index in [-0.39, 0.29) is 0 Å². The van der Waals surface area contributed by atoms with E-state index in [4.69, 9.17) is 20.9 Å². The van der Waals surface area contributed by atoms with Gasteiger partial charge in [0.15, 0.2) is 0 Å². The second-order valence-corrected chi connectivity index (χ2v) is 5.88. The molecule has 0 bridgehead atoms. The lowest BCUT2D eigenvalue weighted by Crippen LogP contribution is -1.85. The standard InChI is InChI=1S/C16H13ClN2O2S/c1-20-12-8-6-11(7-9-12)16-18-15(21-19-16)10-22-14-5-3-2-4-13(14)17/h2-9H,10H2,1H3. The molecule has 22 heavy (non-hydrogen) atoms. The van der Waals surface area contributed by atoms with Crippen molar-refractivity contribution in [2.24, 2.45) is 0 Å². The summed E-state index contributed by atoms with van der Waals surface area (Å²) in [7, 11) is 1.63. The normalized spacial score (nSPS) is 10.6. The Balaban J connectivity index is 1.69. The van der Waals surface area contributed by atoms with Crippen LogP contribution in [-0.2, 0) is 5.75 Å². The number of hydrogen-bond donors (Lipinski definition) is 0. The van der Waals surface area contributed by atoms with Crippen LogP contribution in [0, 0.1) is 0 Å². The number of halogens is 1. The summed E-state index contributed by atoms with van der Waals surface area (Å²) in [6, 6.07) is 15.2. The first kappa shape index (κ1) is 14.9. The quantitative estimate of drug-likeness (QED) is 0.634. The van der Waals surface area contributed by atoms with Gasteiger partial charge in [-0.15, -0.1) is 11.8 Å². The summed E-state index contributed by atoms with van der Waals surface area (Å²) in [5.41, 5.74) is 0.888. The minimum absolute atomic E-state index is 0.565. The van der Waals surface area contributed by atoms with Gasteiger partial charge in [-0.25, -0.2) is 0 Å². The number of thioether (sulfide) groups is 1. The second kappa shape index (κ2) is 6.85. The highest BCUT2D eigenvalue weighted by Gasteiger charge is 2.10. The summed E-state index contributed by atoms with van der Waals surface area (Å²) in [6.45, 7) is 0. The van der Waals surface area contributed by atoms with E-state index >= 15 is 0 Å². The molecule has 0 aliphatic rings. The monoisotopic (exact) mass is 332 g/mol. The molecule has 0 unspecified atom stereocenters. The number of rotatable bonds is 5. The van der Waals surface area contributed by atoms with E-state index in [2.05, 4.69) is 10.1 Å². The van der Waals surface area contributed by atoms with Crippen LogP contribution < -0.4 is 4.74 Å². The molecule has 0 aliphatic carbocycles. The molecule has 0 radical (unpaired) electrons. The van der Waals surface area contributed by atoms with Gasteiger partial charge in [0.25, 0.3) is 0 Å². The van der Waals surface area contributed by atoms with Crippen molar-refractivity contribution in [2.75, 3.05) is 7.11 Å². The van der Waals surface area contributed by atoms with Crippen molar-refractivity contribution in [3.05, 3.63) is 59.4 Å². The maximum absolute atomic E-state index is 6.12. The molecule has 3 aromatic rings. The molecule has 0 aliphatic heterocycles. The zero-order valence-electron chi connectivity index (χ0n) is 11.8. The summed E-state index contributed by atoms with van der Waals surface area (Å²) >= 11 is 7.69. The summed E-state index contributed by atoms with van der Waals surface area (Å²) in [6.07, 6.45) is 0. The molecule has 0 saturated carbocycles. The molecule has 1 aromatic heterocycles. The molecule has 4 nitrogen and oxygen atoms in total. The minimum atomic E-state index is 0.565. The molecule has 0 atom stereocenters. The van der Waals surface area contributed by atoms with Gasteiger partial charge < -0.3 is 9.26 Å². The van der Waals surface area contributed by atoms with Crippen molar-refractivity contribution in [1.82, 2.24) is 10.1 Å². The van der Waals surface area contributed by atoms with Crippen molar-refractivity contribution < 1.29 is 9.26 Å². The summed E-state index contributed by atoms with van der Waals surface area (Å²) < 4.78 is 10.4. The van der Waals surface area contributed by atoms with Crippen LogP contribution in [0.4, 0.5) is 0 Å². The first-order chi connectivity index (χ1) is 10.8. The highest BCUT2D eigenvalue weighted by molar-refractivity contribution is 7.98. The van der Waals surface area contributed by atoms with Crippen molar-refractivity contribution in [2.45, 2.75) is 10.6 Å². The van der Waals surface area contributed by atoms with Crippen LogP contribution in [0.1, 0.15) is 5.89 Å². The molecule has 3 rings (SSSR count). The fourth-order valence-electron chi connectivity index (χ4n) is 1.87. The minimum Gasteiger partial charge on any atom is -0.497 e. The summed E-state index contributed by atoms with van der Waals surface area (Å²) in [5.74, 6) is 2.50. The number of ether oxygens (including phenoxy) is 1. The average Bonchev–Trinajstić information content (AvgIpc) is 3.03. The Morgan fingerprint density at radius 2 is 1.91 bits per heavy atom. The van der Waals surface area contributed by atoms with Crippen LogP contribution in [0.2, 0.25) is 5.02 Å². The SMILES string of the molecule is COc1ccc(-c2noc(CSc3ccccc3Cl)n2)cc1. The van der Waals surface area contributed by atoms with Gasteiger partial charge in [-0.3, -0.25) is 0 Å². The fraction of sp³-hybridized carbons (Fsp3) is 0.125. The Morgan fingerprint density at radius 3 is 2.64 bits per heavy atom. The number of nitrogens with zero attached hydrogens (tertiary/aromatic N) is 2. The van der Waals surface area contributed by atoms with E-state index < -0.39 is 0 Å². The van der Waals surface area contributed by atoms with E-state index in [1.807, 2.05) is 48.5 Å². The number of hydrogen-bond acceptors (Lipinski definition) is 5. The number of aromatic nitrogens is 2. The molecule has 0 amide bonds. The van der Waals surface area contributed by atoms with Gasteiger partial charge in [0.05, 0.1) is 17.9 Å².